The zero-order chi connectivity index (χ0) is 11.0. The molecule has 0 atom stereocenters. The maximum absolute atomic E-state index is 4.39. The monoisotopic (exact) mass is 289 g/mol. The Morgan fingerprint density at radius 2 is 1.81 bits per heavy atom. The van der Waals surface area contributed by atoms with E-state index in [1.54, 1.807) is 11.3 Å². The molecule has 1 aromatic carbocycles. The highest BCUT2D eigenvalue weighted by atomic mass is 79.9. The summed E-state index contributed by atoms with van der Waals surface area (Å²) in [5.74, 6) is 0. The van der Waals surface area contributed by atoms with Gasteiger partial charge in [0, 0.05) is 6.20 Å². The highest BCUT2D eigenvalue weighted by Gasteiger charge is 2.11. The fourth-order valence-corrected chi connectivity index (χ4v) is 3.65. The fraction of sp³-hybridized carbons (Fsp3) is 0. The summed E-state index contributed by atoms with van der Waals surface area (Å²) in [5, 5.41) is 0. The highest BCUT2D eigenvalue weighted by Crippen LogP contribution is 2.40. The number of hydrogen-bond donors (Lipinski definition) is 0. The summed E-state index contributed by atoms with van der Waals surface area (Å²) in [6, 6.07) is 14.5. The molecule has 0 saturated heterocycles. The van der Waals surface area contributed by atoms with Gasteiger partial charge in [-0.3, -0.25) is 4.98 Å². The van der Waals surface area contributed by atoms with Crippen LogP contribution in [0, 0.1) is 0 Å². The van der Waals surface area contributed by atoms with Crippen molar-refractivity contribution < 1.29 is 0 Å². The van der Waals surface area contributed by atoms with Crippen LogP contribution in [-0.4, -0.2) is 4.98 Å². The maximum Gasteiger partial charge on any atom is 0.0958 e. The van der Waals surface area contributed by atoms with Crippen molar-refractivity contribution in [3.63, 3.8) is 0 Å². The Morgan fingerprint density at radius 1 is 1.00 bits per heavy atom. The van der Waals surface area contributed by atoms with Crippen LogP contribution < -0.4 is 0 Å². The first-order chi connectivity index (χ1) is 7.86. The van der Waals surface area contributed by atoms with Crippen LogP contribution in [0.4, 0.5) is 0 Å². The van der Waals surface area contributed by atoms with Gasteiger partial charge in [0.2, 0.25) is 0 Å². The second kappa shape index (κ2) is 4.00. The Bertz CT molecular complexity index is 631. The van der Waals surface area contributed by atoms with Crippen molar-refractivity contribution in [3.05, 3.63) is 53.1 Å². The quantitative estimate of drug-likeness (QED) is 0.631. The van der Waals surface area contributed by atoms with E-state index in [0.29, 0.717) is 0 Å². The van der Waals surface area contributed by atoms with Crippen LogP contribution in [0.5, 0.6) is 0 Å². The van der Waals surface area contributed by atoms with Crippen LogP contribution in [0.1, 0.15) is 0 Å². The van der Waals surface area contributed by atoms with Crippen LogP contribution >= 0.6 is 27.3 Å². The molecule has 0 aliphatic heterocycles. The van der Waals surface area contributed by atoms with Gasteiger partial charge in [-0.05, 0) is 33.6 Å². The Kier molecular flexibility index (Phi) is 2.50. The van der Waals surface area contributed by atoms with Gasteiger partial charge >= 0.3 is 0 Å². The van der Waals surface area contributed by atoms with Gasteiger partial charge in [0.05, 0.1) is 19.6 Å². The third-order valence-corrected chi connectivity index (χ3v) is 4.65. The number of thiophene rings is 1. The molecule has 0 unspecified atom stereocenters. The van der Waals surface area contributed by atoms with Crippen LogP contribution in [0.25, 0.3) is 20.7 Å². The lowest BCUT2D eigenvalue weighted by Crippen LogP contribution is -1.73. The fourth-order valence-electron chi connectivity index (χ4n) is 1.68. The molecular formula is C13H8BrNS. The van der Waals surface area contributed by atoms with Gasteiger partial charge in [-0.1, -0.05) is 30.3 Å². The summed E-state index contributed by atoms with van der Waals surface area (Å²) in [4.78, 5) is 5.64. The molecule has 3 heteroatoms. The van der Waals surface area contributed by atoms with E-state index in [2.05, 4.69) is 51.2 Å². The molecule has 0 bridgehead atoms. The first kappa shape index (κ1) is 10.00. The lowest BCUT2D eigenvalue weighted by atomic mass is 10.2. The number of aromatic nitrogens is 1. The van der Waals surface area contributed by atoms with E-state index in [9.17, 15) is 0 Å². The Balaban J connectivity index is 2.29. The minimum Gasteiger partial charge on any atom is -0.254 e. The van der Waals surface area contributed by atoms with Gasteiger partial charge in [-0.2, -0.15) is 0 Å². The Hall–Kier alpha value is -1.19. The molecule has 0 saturated carbocycles. The minimum absolute atomic E-state index is 1.05. The molecule has 0 aliphatic rings. The van der Waals surface area contributed by atoms with E-state index >= 15 is 0 Å². The van der Waals surface area contributed by atoms with Crippen molar-refractivity contribution in [1.82, 2.24) is 4.98 Å². The zero-order valence-corrected chi connectivity index (χ0v) is 10.8. The summed E-state index contributed by atoms with van der Waals surface area (Å²) < 4.78 is 2.31. The number of hydrogen-bond acceptors (Lipinski definition) is 2. The lowest BCUT2D eigenvalue weighted by Gasteiger charge is -1.96. The van der Waals surface area contributed by atoms with Crippen LogP contribution in [0.2, 0.25) is 0 Å². The molecule has 0 spiro atoms. The van der Waals surface area contributed by atoms with Gasteiger partial charge in [-0.15, -0.1) is 11.3 Å². The first-order valence-electron chi connectivity index (χ1n) is 4.95. The number of fused-ring (bicyclic) bond motifs is 1. The maximum atomic E-state index is 4.39. The second-order valence-electron chi connectivity index (χ2n) is 3.46. The molecule has 16 heavy (non-hydrogen) atoms. The number of halogens is 1. The van der Waals surface area contributed by atoms with Crippen molar-refractivity contribution in [1.29, 1.82) is 0 Å². The molecule has 2 heterocycles. The van der Waals surface area contributed by atoms with E-state index in [0.717, 1.165) is 9.99 Å². The Labute approximate surface area is 106 Å². The standard InChI is InChI=1S/C13H8BrNS/c14-11-12-10(7-4-8-15-12)16-13(11)9-5-2-1-3-6-9/h1-8H. The average molecular weight is 290 g/mol. The van der Waals surface area contributed by atoms with Gasteiger partial charge in [-0.25, -0.2) is 0 Å². The predicted octanol–water partition coefficient (Wildman–Crippen LogP) is 4.73. The number of nitrogens with zero attached hydrogens (tertiary/aromatic N) is 1. The van der Waals surface area contributed by atoms with Gasteiger partial charge in [0.1, 0.15) is 0 Å². The van der Waals surface area contributed by atoms with E-state index in [1.165, 1.54) is 15.1 Å². The summed E-state index contributed by atoms with van der Waals surface area (Å²) in [6.07, 6.45) is 1.83. The molecule has 2 aromatic heterocycles. The molecule has 0 aliphatic carbocycles. The van der Waals surface area contributed by atoms with Crippen molar-refractivity contribution in [2.45, 2.75) is 0 Å². The van der Waals surface area contributed by atoms with Crippen molar-refractivity contribution in [2.24, 2.45) is 0 Å². The van der Waals surface area contributed by atoms with Crippen LogP contribution in [0.3, 0.4) is 0 Å². The molecule has 0 radical (unpaired) electrons. The van der Waals surface area contributed by atoms with Gasteiger partial charge in [0.15, 0.2) is 0 Å². The van der Waals surface area contributed by atoms with Crippen molar-refractivity contribution in [2.75, 3.05) is 0 Å². The summed E-state index contributed by atoms with van der Waals surface area (Å²) >= 11 is 5.40. The van der Waals surface area contributed by atoms with Crippen molar-refractivity contribution >= 4 is 37.5 Å². The predicted molar refractivity (Wildman–Crippen MR) is 72.8 cm³/mol. The second-order valence-corrected chi connectivity index (χ2v) is 5.31. The third kappa shape index (κ3) is 1.56. The van der Waals surface area contributed by atoms with E-state index < -0.39 is 0 Å². The van der Waals surface area contributed by atoms with Crippen molar-refractivity contribution in [3.8, 4) is 10.4 Å². The number of pyridine rings is 1. The lowest BCUT2D eigenvalue weighted by molar-refractivity contribution is 1.42. The molecule has 3 aromatic rings. The largest absolute Gasteiger partial charge is 0.254 e. The third-order valence-electron chi connectivity index (χ3n) is 2.43. The summed E-state index contributed by atoms with van der Waals surface area (Å²) in [7, 11) is 0. The molecular weight excluding hydrogens is 282 g/mol. The first-order valence-corrected chi connectivity index (χ1v) is 6.55. The number of benzene rings is 1. The summed E-state index contributed by atoms with van der Waals surface area (Å²) in [6.45, 7) is 0. The van der Waals surface area contributed by atoms with Gasteiger partial charge in [0.25, 0.3) is 0 Å². The SMILES string of the molecule is Brc1c(-c2ccccc2)sc2cccnc12. The molecule has 78 valence electrons. The molecule has 3 rings (SSSR count). The molecule has 0 fully saturated rings. The molecule has 0 N–H and O–H groups in total. The summed E-state index contributed by atoms with van der Waals surface area (Å²) in [5.41, 5.74) is 2.28. The Morgan fingerprint density at radius 3 is 2.56 bits per heavy atom. The smallest absolute Gasteiger partial charge is 0.0958 e. The van der Waals surface area contributed by atoms with Gasteiger partial charge < -0.3 is 0 Å². The van der Waals surface area contributed by atoms with E-state index in [4.69, 9.17) is 0 Å². The molecule has 0 amide bonds. The normalized spacial score (nSPS) is 10.8. The number of rotatable bonds is 1. The highest BCUT2D eigenvalue weighted by molar-refractivity contribution is 9.10. The van der Waals surface area contributed by atoms with E-state index in [1.807, 2.05) is 18.3 Å². The zero-order valence-electron chi connectivity index (χ0n) is 8.35. The van der Waals surface area contributed by atoms with E-state index in [-0.39, 0.29) is 0 Å². The van der Waals surface area contributed by atoms with Crippen LogP contribution in [0.15, 0.2) is 53.1 Å². The van der Waals surface area contributed by atoms with Crippen LogP contribution in [-0.2, 0) is 0 Å². The topological polar surface area (TPSA) is 12.9 Å². The molecule has 1 nitrogen and oxygen atoms in total. The average Bonchev–Trinajstić information content (AvgIpc) is 2.69. The minimum atomic E-state index is 1.05.